The minimum absolute atomic E-state index is 0.00167. The highest BCUT2D eigenvalue weighted by Gasteiger charge is 2.45. The summed E-state index contributed by atoms with van der Waals surface area (Å²) in [5.41, 5.74) is 25.4. The molecule has 480 valence electrons. The average molecular weight is 1370 g/mol. The Balaban J connectivity index is 0.000000116. The largest absolute Gasteiger partial charge is 0.458 e. The van der Waals surface area contributed by atoms with Gasteiger partial charge in [-0.05, 0) is 159 Å². The zero-order valence-corrected chi connectivity index (χ0v) is 57.7. The lowest BCUT2D eigenvalue weighted by molar-refractivity contribution is 0.467. The topological polar surface area (TPSA) is 50.0 Å². The van der Waals surface area contributed by atoms with Crippen LogP contribution in [0.15, 0.2) is 308 Å². The molecule has 22 rings (SSSR count). The highest BCUT2D eigenvalue weighted by molar-refractivity contribution is 9.10. The summed E-state index contributed by atoms with van der Waals surface area (Å²) in [6, 6.07) is 108. The summed E-state index contributed by atoms with van der Waals surface area (Å²) in [5, 5.41) is 4.52. The van der Waals surface area contributed by atoms with Gasteiger partial charge in [-0.1, -0.05) is 250 Å². The highest BCUT2D eigenvalue weighted by Crippen LogP contribution is 2.54. The molecule has 0 radical (unpaired) electrons. The number of halogens is 1. The van der Waals surface area contributed by atoms with E-state index < -0.39 is 0 Å². The van der Waals surface area contributed by atoms with Gasteiger partial charge < -0.3 is 33.0 Å². The first-order valence-corrected chi connectivity index (χ1v) is 35.6. The molecule has 0 saturated heterocycles. The minimum atomic E-state index is -0.129. The predicted octanol–water partition coefficient (Wildman–Crippen LogP) is 19.8. The van der Waals surface area contributed by atoms with Crippen LogP contribution in [0.5, 0.6) is 46.0 Å². The summed E-state index contributed by atoms with van der Waals surface area (Å²) in [6.07, 6.45) is 1.08. The molecule has 7 nitrogen and oxygen atoms in total. The van der Waals surface area contributed by atoms with Crippen molar-refractivity contribution in [3.05, 3.63) is 341 Å². The average Bonchev–Trinajstić information content (AvgIpc) is 1.62. The number of anilines is 3. The highest BCUT2D eigenvalue weighted by atomic mass is 79.9. The number of para-hydroxylation sites is 8. The van der Waals surface area contributed by atoms with Crippen molar-refractivity contribution in [2.24, 2.45) is 0 Å². The Bertz CT molecular complexity index is 6020. The summed E-state index contributed by atoms with van der Waals surface area (Å²) in [5.74, 6) is 7.01. The van der Waals surface area contributed by atoms with Crippen molar-refractivity contribution in [2.45, 2.75) is 44.9 Å². The predicted molar refractivity (Wildman–Crippen MR) is 419 cm³/mol. The fourth-order valence-electron chi connectivity index (χ4n) is 17.5. The van der Waals surface area contributed by atoms with E-state index in [-0.39, 0.29) is 24.3 Å². The first-order valence-electron chi connectivity index (χ1n) is 34.8. The van der Waals surface area contributed by atoms with E-state index in [2.05, 4.69) is 343 Å². The lowest BCUT2D eigenvalue weighted by Crippen LogP contribution is -2.57. The van der Waals surface area contributed by atoms with E-state index in [0.29, 0.717) is 0 Å². The Kier molecular flexibility index (Phi) is 13.3. The first-order chi connectivity index (χ1) is 49.5. The van der Waals surface area contributed by atoms with Crippen LogP contribution in [-0.2, 0) is 17.3 Å². The third kappa shape index (κ3) is 9.00. The summed E-state index contributed by atoms with van der Waals surface area (Å²) < 4.78 is 32.8. The van der Waals surface area contributed by atoms with Crippen LogP contribution in [0.2, 0.25) is 0 Å². The van der Waals surface area contributed by atoms with Gasteiger partial charge in [-0.15, -0.1) is 0 Å². The zero-order valence-electron chi connectivity index (χ0n) is 56.1. The van der Waals surface area contributed by atoms with Crippen LogP contribution in [0.25, 0.3) is 55.0 Å². The molecular formula is C91H64B2BrN3O4. The number of ether oxygens (including phenoxy) is 4. The van der Waals surface area contributed by atoms with Crippen molar-refractivity contribution in [2.75, 3.05) is 4.90 Å². The second-order valence-electron chi connectivity index (χ2n) is 28.3. The SMILES string of the molecule is Brc1ccc2c3cc4c5c(c3n(-c3ccccc3)c2c1)Oc1ccccc1B5c1ccccc1O4.CC1(C)c2ccccc2Cc2ccccc21.CC1(C)c2ccccc2N(c2ccc3c4cc5c6c(c4n(-c4ccccc4)c3c2)Oc2ccccc2B6c2ccccc2O5)c2ccccc21. The fourth-order valence-corrected chi connectivity index (χ4v) is 17.9. The Morgan fingerprint density at radius 3 is 1.15 bits per heavy atom. The van der Waals surface area contributed by atoms with Crippen molar-refractivity contribution in [1.29, 1.82) is 0 Å². The Morgan fingerprint density at radius 1 is 0.317 bits per heavy atom. The summed E-state index contributed by atoms with van der Waals surface area (Å²) >= 11 is 3.69. The quantitative estimate of drug-likeness (QED) is 0.165. The van der Waals surface area contributed by atoms with E-state index in [0.717, 1.165) is 139 Å². The Morgan fingerprint density at radius 2 is 0.683 bits per heavy atom. The number of fused-ring (bicyclic) bond motifs is 20. The molecule has 1 aliphatic carbocycles. The lowest BCUT2D eigenvalue weighted by Gasteiger charge is -2.42. The van der Waals surface area contributed by atoms with Crippen molar-refractivity contribution in [3.63, 3.8) is 0 Å². The van der Waals surface area contributed by atoms with Crippen molar-refractivity contribution in [3.8, 4) is 57.4 Å². The van der Waals surface area contributed by atoms with Crippen LogP contribution in [0.3, 0.4) is 0 Å². The molecular weight excluding hydrogens is 1300 g/mol. The van der Waals surface area contributed by atoms with E-state index >= 15 is 0 Å². The normalized spacial score (nSPS) is 14.4. The number of nitrogens with zero attached hydrogens (tertiary/aromatic N) is 3. The molecule has 0 spiro atoms. The van der Waals surface area contributed by atoms with E-state index in [1.165, 1.54) is 55.7 Å². The van der Waals surface area contributed by atoms with E-state index in [9.17, 15) is 0 Å². The van der Waals surface area contributed by atoms with Gasteiger partial charge in [0.1, 0.15) is 34.5 Å². The fraction of sp³-hybridized carbons (Fsp3) is 0.0769. The maximum absolute atomic E-state index is 7.00. The molecule has 0 unspecified atom stereocenters. The first kappa shape index (κ1) is 59.4. The third-order valence-electron chi connectivity index (χ3n) is 22.0. The maximum Gasteiger partial charge on any atom is 0.260 e. The number of hydrogen-bond acceptors (Lipinski definition) is 5. The van der Waals surface area contributed by atoms with Crippen LogP contribution in [0, 0.1) is 0 Å². The van der Waals surface area contributed by atoms with Gasteiger partial charge >= 0.3 is 0 Å². The number of benzene rings is 14. The maximum atomic E-state index is 7.00. The molecule has 0 fully saturated rings. The van der Waals surface area contributed by atoms with Crippen LogP contribution >= 0.6 is 15.9 Å². The van der Waals surface area contributed by atoms with E-state index in [4.69, 9.17) is 18.9 Å². The number of hydrogen-bond donors (Lipinski definition) is 0. The third-order valence-corrected chi connectivity index (χ3v) is 22.5. The summed E-state index contributed by atoms with van der Waals surface area (Å²) in [7, 11) is 0. The van der Waals surface area contributed by atoms with Crippen LogP contribution in [0.4, 0.5) is 17.1 Å². The second kappa shape index (κ2) is 22.7. The monoisotopic (exact) mass is 1360 g/mol. The molecule has 0 bridgehead atoms. The molecule has 16 aromatic rings. The van der Waals surface area contributed by atoms with Crippen molar-refractivity contribution >= 4 is 123 Å². The molecule has 0 amide bonds. The smallest absolute Gasteiger partial charge is 0.260 e. The molecule has 0 saturated carbocycles. The van der Waals surface area contributed by atoms with Gasteiger partial charge in [-0.3, -0.25) is 0 Å². The van der Waals surface area contributed by atoms with Gasteiger partial charge in [-0.2, -0.15) is 0 Å². The van der Waals surface area contributed by atoms with E-state index in [1.54, 1.807) is 0 Å². The molecule has 0 N–H and O–H groups in total. The van der Waals surface area contributed by atoms with Gasteiger partial charge in [0, 0.05) is 64.8 Å². The molecule has 10 heteroatoms. The number of rotatable bonds is 3. The van der Waals surface area contributed by atoms with E-state index in [1.807, 2.05) is 18.2 Å². The second-order valence-corrected chi connectivity index (χ2v) is 29.2. The minimum Gasteiger partial charge on any atom is -0.458 e. The Labute approximate surface area is 595 Å². The van der Waals surface area contributed by atoms with Gasteiger partial charge in [0.05, 0.1) is 33.4 Å². The summed E-state index contributed by atoms with van der Waals surface area (Å²) in [6.45, 7) is 9.36. The van der Waals surface area contributed by atoms with Gasteiger partial charge in [-0.25, -0.2) is 0 Å². The van der Waals surface area contributed by atoms with Gasteiger partial charge in [0.2, 0.25) is 0 Å². The van der Waals surface area contributed by atoms with Crippen LogP contribution in [-0.4, -0.2) is 22.6 Å². The standard InChI is InChI=1S/C45H31BN2O2.C30H17BBrNO2.C16H16/c1-45(2)32-16-6-10-20-36(32)47(37-21-11-7-17-33(37)45)29-24-25-30-31-27-41-42-44(43(31)48(38(30)26-29)28-14-4-3-5-15-28)50-40-23-13-9-19-35(40)46(42)34-18-8-12-22-39(34)49-41;32-18-14-15-20-21-17-27-28-30(29(21)33(24(20)16-18)19-8-2-1-3-9-19)35-26-13-7-5-11-23(26)31(28)22-10-4-6-12-25(22)34-27;1-16(2)14-9-5-3-7-12(14)11-13-8-4-6-10-15(13)16/h3-27H,1-2H3;1-17H;3-10H,11H2,1-2H3. The van der Waals surface area contributed by atoms with Crippen LogP contribution < -0.4 is 56.6 Å². The molecule has 6 aliphatic rings. The molecule has 7 heterocycles. The van der Waals surface area contributed by atoms with Crippen molar-refractivity contribution in [1.82, 2.24) is 9.13 Å². The summed E-state index contributed by atoms with van der Waals surface area (Å²) in [4.78, 5) is 2.43. The van der Waals surface area contributed by atoms with Crippen LogP contribution in [0.1, 0.15) is 61.1 Å². The molecule has 5 aliphatic heterocycles. The number of aromatic nitrogens is 2. The molecule has 14 aromatic carbocycles. The van der Waals surface area contributed by atoms with Gasteiger partial charge in [0.15, 0.2) is 11.5 Å². The molecule has 0 atom stereocenters. The zero-order chi connectivity index (χ0) is 67.4. The molecule has 2 aromatic heterocycles. The van der Waals surface area contributed by atoms with Gasteiger partial charge in [0.25, 0.3) is 13.4 Å². The van der Waals surface area contributed by atoms with Crippen molar-refractivity contribution < 1.29 is 18.9 Å². The Hall–Kier alpha value is -11.7. The lowest BCUT2D eigenvalue weighted by atomic mass is 9.35. The molecule has 101 heavy (non-hydrogen) atoms.